The standard InChI is InChI=1S/C57H67FN12O5/c1-36(2)69-35-60-47-33-46(62-52(51(47)69)61-45-9-5-4-8-44(45)58)39-10-12-43-48(30-39)70(42-31-41(32-42)64-21-6-3-7-22-64)55(74)57(43)19-28-67(29-20-57)54(73)38-16-25-66(26-17-38)53(72)37-14-23-65(24-15-37)49-13-11-40(34-59-49)68-27-18-50(71)63-56(68)75/h4-5,8-13,30,33-38,41-42H,3,6-7,14-29,31-32H2,1-2H3,(H,61,62)(H,63,71,75). The fourth-order valence-electron chi connectivity index (χ4n) is 13.2. The molecular formula is C57H67FN12O5. The summed E-state index contributed by atoms with van der Waals surface area (Å²) in [6.45, 7) is 10.2. The number of benzene rings is 2. The predicted molar refractivity (Wildman–Crippen MR) is 284 cm³/mol. The highest BCUT2D eigenvalue weighted by Crippen LogP contribution is 2.52. The number of carbonyl (C=O) groups excluding carboxylic acids is 5. The number of imidazole rings is 1. The van der Waals surface area contributed by atoms with Gasteiger partial charge in [-0.2, -0.15) is 0 Å². The molecule has 1 spiro atoms. The number of aromatic nitrogens is 4. The molecule has 5 saturated heterocycles. The van der Waals surface area contributed by atoms with Crippen LogP contribution in [0.4, 0.5) is 37.9 Å². The zero-order valence-corrected chi connectivity index (χ0v) is 43.1. The van der Waals surface area contributed by atoms with Crippen LogP contribution in [0.3, 0.4) is 0 Å². The average molecular weight is 1020 g/mol. The van der Waals surface area contributed by atoms with Crippen LogP contribution in [-0.4, -0.2) is 135 Å². The summed E-state index contributed by atoms with van der Waals surface area (Å²) in [5.74, 6) is 0.803. The van der Waals surface area contributed by atoms with Crippen molar-refractivity contribution >= 4 is 69.4 Å². The van der Waals surface area contributed by atoms with E-state index in [0.29, 0.717) is 113 Å². The van der Waals surface area contributed by atoms with Crippen LogP contribution in [0.5, 0.6) is 0 Å². The minimum Gasteiger partial charge on any atom is -0.357 e. The molecule has 9 heterocycles. The van der Waals surface area contributed by atoms with E-state index in [9.17, 15) is 19.2 Å². The van der Waals surface area contributed by atoms with Crippen molar-refractivity contribution in [2.45, 2.75) is 114 Å². The molecule has 3 aromatic heterocycles. The van der Waals surface area contributed by atoms with Gasteiger partial charge in [0.15, 0.2) is 5.82 Å². The predicted octanol–water partition coefficient (Wildman–Crippen LogP) is 7.78. The number of fused-ring (bicyclic) bond motifs is 3. The summed E-state index contributed by atoms with van der Waals surface area (Å²) in [5, 5.41) is 5.63. The molecular weight excluding hydrogens is 952 g/mol. The summed E-state index contributed by atoms with van der Waals surface area (Å²) in [4.78, 5) is 94.3. The van der Waals surface area contributed by atoms with E-state index >= 15 is 9.18 Å². The molecule has 5 aromatic rings. The van der Waals surface area contributed by atoms with Crippen LogP contribution >= 0.6 is 0 Å². The molecule has 0 atom stereocenters. The Kier molecular flexibility index (Phi) is 13.0. The van der Waals surface area contributed by atoms with Crippen LogP contribution in [0, 0.1) is 17.7 Å². The van der Waals surface area contributed by atoms with Crippen molar-refractivity contribution in [3.8, 4) is 11.3 Å². The highest BCUT2D eigenvalue weighted by molar-refractivity contribution is 6.10. The fraction of sp³-hybridized carbons (Fsp3) is 0.509. The Morgan fingerprint density at radius 1 is 0.773 bits per heavy atom. The monoisotopic (exact) mass is 1020 g/mol. The summed E-state index contributed by atoms with van der Waals surface area (Å²) >= 11 is 0. The zero-order valence-electron chi connectivity index (χ0n) is 43.1. The molecule has 75 heavy (non-hydrogen) atoms. The summed E-state index contributed by atoms with van der Waals surface area (Å²) in [6, 6.07) is 18.8. The summed E-state index contributed by atoms with van der Waals surface area (Å²) < 4.78 is 17.2. The van der Waals surface area contributed by atoms with E-state index in [1.54, 1.807) is 30.7 Å². The van der Waals surface area contributed by atoms with Gasteiger partial charge in [0.2, 0.25) is 23.6 Å². The number of hydrogen-bond donors (Lipinski definition) is 2. The Balaban J connectivity index is 0.712. The molecule has 2 N–H and O–H groups in total. The fourth-order valence-corrected chi connectivity index (χ4v) is 13.2. The first-order valence-electron chi connectivity index (χ1n) is 27.4. The maximum Gasteiger partial charge on any atom is 0.328 e. The highest BCUT2D eigenvalue weighted by atomic mass is 19.1. The number of nitrogens with zero attached hydrogens (tertiary/aromatic N) is 10. The molecule has 0 bridgehead atoms. The first-order chi connectivity index (χ1) is 36.4. The second-order valence-corrected chi connectivity index (χ2v) is 22.3. The van der Waals surface area contributed by atoms with Gasteiger partial charge in [0.1, 0.15) is 17.2 Å². The number of imide groups is 1. The Labute approximate surface area is 436 Å². The van der Waals surface area contributed by atoms with Gasteiger partial charge in [-0.05, 0) is 133 Å². The number of piperidine rings is 4. The van der Waals surface area contributed by atoms with Gasteiger partial charge in [0.25, 0.3) is 0 Å². The molecule has 6 amide bonds. The van der Waals surface area contributed by atoms with Crippen molar-refractivity contribution in [2.75, 3.05) is 78.9 Å². The second kappa shape index (κ2) is 20.0. The van der Waals surface area contributed by atoms with Gasteiger partial charge in [-0.3, -0.25) is 29.4 Å². The number of para-hydroxylation sites is 1. The van der Waals surface area contributed by atoms with Crippen molar-refractivity contribution < 1.29 is 28.4 Å². The lowest BCUT2D eigenvalue weighted by molar-refractivity contribution is -0.144. The van der Waals surface area contributed by atoms with Gasteiger partial charge in [-0.25, -0.2) is 24.1 Å². The molecule has 18 heteroatoms. The Morgan fingerprint density at radius 2 is 1.48 bits per heavy atom. The van der Waals surface area contributed by atoms with Gasteiger partial charge >= 0.3 is 6.03 Å². The molecule has 0 radical (unpaired) electrons. The molecule has 0 unspecified atom stereocenters. The molecule has 2 aromatic carbocycles. The van der Waals surface area contributed by atoms with Gasteiger partial charge in [-0.1, -0.05) is 30.7 Å². The van der Waals surface area contributed by atoms with Crippen molar-refractivity contribution in [1.82, 2.24) is 39.5 Å². The van der Waals surface area contributed by atoms with Crippen LogP contribution in [0.1, 0.15) is 103 Å². The Morgan fingerprint density at radius 3 is 2.16 bits per heavy atom. The second-order valence-electron chi connectivity index (χ2n) is 22.3. The molecule has 392 valence electrons. The number of nitrogens with one attached hydrogen (secondary N) is 2. The average Bonchev–Trinajstić information content (AvgIpc) is 3.96. The van der Waals surface area contributed by atoms with Crippen molar-refractivity contribution in [3.05, 3.63) is 84.6 Å². The maximum absolute atomic E-state index is 15.3. The summed E-state index contributed by atoms with van der Waals surface area (Å²) in [7, 11) is 0. The molecule has 7 aliphatic rings. The molecule has 17 nitrogen and oxygen atoms in total. The third-order valence-electron chi connectivity index (χ3n) is 17.6. The minimum atomic E-state index is -0.745. The molecule has 1 aliphatic carbocycles. The summed E-state index contributed by atoms with van der Waals surface area (Å²) in [5.41, 5.74) is 5.20. The number of pyridine rings is 2. The number of rotatable bonds is 10. The van der Waals surface area contributed by atoms with Crippen molar-refractivity contribution in [2.24, 2.45) is 11.8 Å². The number of carbonyl (C=O) groups is 5. The van der Waals surface area contributed by atoms with Gasteiger partial charge < -0.3 is 34.4 Å². The lowest BCUT2D eigenvalue weighted by Crippen LogP contribution is -2.58. The van der Waals surface area contributed by atoms with Crippen LogP contribution in [0.2, 0.25) is 0 Å². The van der Waals surface area contributed by atoms with Crippen molar-refractivity contribution in [1.29, 1.82) is 0 Å². The number of halogens is 1. The molecule has 6 fully saturated rings. The third kappa shape index (κ3) is 9.05. The van der Waals surface area contributed by atoms with Crippen LogP contribution in [0.15, 0.2) is 73.2 Å². The molecule has 6 aliphatic heterocycles. The van der Waals surface area contributed by atoms with Crippen LogP contribution in [0.25, 0.3) is 22.3 Å². The van der Waals surface area contributed by atoms with Gasteiger partial charge in [0, 0.05) is 93.4 Å². The minimum absolute atomic E-state index is 0.0785. The maximum atomic E-state index is 15.3. The largest absolute Gasteiger partial charge is 0.357 e. The third-order valence-corrected chi connectivity index (χ3v) is 17.6. The van der Waals surface area contributed by atoms with E-state index in [1.165, 1.54) is 30.2 Å². The van der Waals surface area contributed by atoms with E-state index in [-0.39, 0.29) is 59.8 Å². The normalized spacial score (nSPS) is 22.8. The number of urea groups is 1. The first kappa shape index (κ1) is 49.0. The topological polar surface area (TPSA) is 172 Å². The first-order valence-corrected chi connectivity index (χ1v) is 27.4. The SMILES string of the molecule is CC(C)n1cnc2cc(-c3ccc4c(c3)N(C3CC(N5CCCCC5)C3)C(=O)C43CCN(C(=O)C4CCN(C(=O)C5CCN(c6ccc(N7CCC(=O)NC7=O)cn6)CC5)CC4)CC3)nc(Nc3ccccc3F)c21. The number of anilines is 5. The number of amides is 6. The van der Waals surface area contributed by atoms with E-state index in [4.69, 9.17) is 9.97 Å². The van der Waals surface area contributed by atoms with Gasteiger partial charge in [0.05, 0.1) is 40.5 Å². The van der Waals surface area contributed by atoms with Crippen LogP contribution in [-0.2, 0) is 24.6 Å². The smallest absolute Gasteiger partial charge is 0.328 e. The molecule has 1 saturated carbocycles. The zero-order chi connectivity index (χ0) is 51.5. The highest BCUT2D eigenvalue weighted by Gasteiger charge is 2.56. The van der Waals surface area contributed by atoms with E-state index in [2.05, 4.69) is 62.4 Å². The van der Waals surface area contributed by atoms with E-state index in [0.717, 1.165) is 59.6 Å². The Hall–Kier alpha value is -6.95. The number of likely N-dealkylation sites (tertiary alicyclic amines) is 3. The lowest BCUT2D eigenvalue weighted by atomic mass is 9.73. The van der Waals surface area contributed by atoms with Crippen LogP contribution < -0.4 is 25.3 Å². The lowest BCUT2D eigenvalue weighted by Gasteiger charge is -2.48. The quantitative estimate of drug-likeness (QED) is 0.140. The van der Waals surface area contributed by atoms with E-state index in [1.807, 2.05) is 32.6 Å². The number of hydrogen-bond acceptors (Lipinski definition) is 11. The van der Waals surface area contributed by atoms with Gasteiger partial charge in [-0.15, -0.1) is 0 Å². The van der Waals surface area contributed by atoms with E-state index < -0.39 is 11.4 Å². The summed E-state index contributed by atoms with van der Waals surface area (Å²) in [6.07, 6.45) is 13.0. The molecule has 12 rings (SSSR count). The van der Waals surface area contributed by atoms with Crippen molar-refractivity contribution in [3.63, 3.8) is 0 Å². The Bertz CT molecular complexity index is 3020.